The maximum atomic E-state index is 13.0. The van der Waals surface area contributed by atoms with Crippen LogP contribution in [-0.4, -0.2) is 15.9 Å². The Morgan fingerprint density at radius 3 is 2.56 bits per heavy atom. The Kier molecular flexibility index (Phi) is 5.66. The zero-order chi connectivity index (χ0) is 19.4. The highest BCUT2D eigenvalue weighted by Gasteiger charge is 2.12. The van der Waals surface area contributed by atoms with Gasteiger partial charge in [0.1, 0.15) is 23.2 Å². The van der Waals surface area contributed by atoms with Crippen molar-refractivity contribution in [2.45, 2.75) is 20.4 Å². The van der Waals surface area contributed by atoms with Crippen molar-refractivity contribution in [2.75, 3.05) is 10.6 Å². The van der Waals surface area contributed by atoms with Gasteiger partial charge in [0.05, 0.1) is 0 Å². The van der Waals surface area contributed by atoms with Crippen LogP contribution in [0.1, 0.15) is 27.4 Å². The van der Waals surface area contributed by atoms with Gasteiger partial charge in [-0.3, -0.25) is 4.79 Å². The minimum absolute atomic E-state index is 0.239. The number of amides is 1. The third-order valence-corrected chi connectivity index (χ3v) is 4.14. The van der Waals surface area contributed by atoms with Crippen molar-refractivity contribution >= 4 is 29.0 Å². The largest absolute Gasteiger partial charge is 0.366 e. The van der Waals surface area contributed by atoms with Crippen LogP contribution in [0.5, 0.6) is 0 Å². The van der Waals surface area contributed by atoms with Gasteiger partial charge in [0.2, 0.25) is 0 Å². The summed E-state index contributed by atoms with van der Waals surface area (Å²) in [6.07, 6.45) is 0. The van der Waals surface area contributed by atoms with Crippen molar-refractivity contribution in [3.63, 3.8) is 0 Å². The molecular weight excluding hydrogens is 367 g/mol. The SMILES string of the molecule is Cc1nc(NCc2ccc(F)cc2)cc(C(=O)Nc2cc(Cl)ccc2C)n1. The summed E-state index contributed by atoms with van der Waals surface area (Å²) in [5.41, 5.74) is 2.66. The summed E-state index contributed by atoms with van der Waals surface area (Å²) in [7, 11) is 0. The molecule has 138 valence electrons. The number of aromatic nitrogens is 2. The first-order valence-electron chi connectivity index (χ1n) is 8.32. The molecule has 3 rings (SSSR count). The maximum Gasteiger partial charge on any atom is 0.274 e. The van der Waals surface area contributed by atoms with E-state index in [1.165, 1.54) is 12.1 Å². The second-order valence-electron chi connectivity index (χ2n) is 6.08. The Morgan fingerprint density at radius 1 is 1.07 bits per heavy atom. The molecule has 0 saturated carbocycles. The van der Waals surface area contributed by atoms with Crippen molar-refractivity contribution in [3.05, 3.63) is 82.0 Å². The Labute approximate surface area is 161 Å². The predicted octanol–water partition coefficient (Wildman–Crippen LogP) is 4.75. The molecule has 1 aromatic heterocycles. The molecule has 1 heterocycles. The van der Waals surface area contributed by atoms with Crippen LogP contribution in [0, 0.1) is 19.7 Å². The van der Waals surface area contributed by atoms with Crippen LogP contribution in [0.15, 0.2) is 48.5 Å². The van der Waals surface area contributed by atoms with E-state index >= 15 is 0 Å². The van der Waals surface area contributed by atoms with E-state index in [0.29, 0.717) is 28.9 Å². The molecule has 2 N–H and O–H groups in total. The number of rotatable bonds is 5. The summed E-state index contributed by atoms with van der Waals surface area (Å²) in [6.45, 7) is 4.04. The first-order valence-corrected chi connectivity index (χ1v) is 8.70. The molecule has 0 aliphatic heterocycles. The van der Waals surface area contributed by atoms with Gasteiger partial charge < -0.3 is 10.6 Å². The first-order chi connectivity index (χ1) is 12.9. The molecule has 0 fully saturated rings. The minimum Gasteiger partial charge on any atom is -0.366 e. The van der Waals surface area contributed by atoms with Crippen LogP contribution >= 0.6 is 11.6 Å². The molecular formula is C20H18ClFN4O. The van der Waals surface area contributed by atoms with Crippen LogP contribution in [0.25, 0.3) is 0 Å². The van der Waals surface area contributed by atoms with Gasteiger partial charge in [-0.2, -0.15) is 0 Å². The molecule has 0 unspecified atom stereocenters. The van der Waals surface area contributed by atoms with E-state index in [9.17, 15) is 9.18 Å². The highest BCUT2D eigenvalue weighted by Crippen LogP contribution is 2.21. The number of nitrogens with zero attached hydrogens (tertiary/aromatic N) is 2. The van der Waals surface area contributed by atoms with Crippen LogP contribution in [-0.2, 0) is 6.54 Å². The number of benzene rings is 2. The van der Waals surface area contributed by atoms with Gasteiger partial charge in [0.25, 0.3) is 5.91 Å². The van der Waals surface area contributed by atoms with Crippen molar-refractivity contribution in [2.24, 2.45) is 0 Å². The van der Waals surface area contributed by atoms with Crippen molar-refractivity contribution in [1.29, 1.82) is 0 Å². The molecule has 0 aliphatic carbocycles. The van der Waals surface area contributed by atoms with Gasteiger partial charge in [0, 0.05) is 23.3 Å². The molecule has 1 amide bonds. The Morgan fingerprint density at radius 2 is 1.81 bits per heavy atom. The van der Waals surface area contributed by atoms with Crippen molar-refractivity contribution in [3.8, 4) is 0 Å². The highest BCUT2D eigenvalue weighted by atomic mass is 35.5. The quantitative estimate of drug-likeness (QED) is 0.666. The summed E-state index contributed by atoms with van der Waals surface area (Å²) in [6, 6.07) is 13.0. The van der Waals surface area contributed by atoms with Gasteiger partial charge in [-0.05, 0) is 49.2 Å². The van der Waals surface area contributed by atoms with E-state index in [2.05, 4.69) is 20.6 Å². The molecule has 7 heteroatoms. The fourth-order valence-corrected chi connectivity index (χ4v) is 2.66. The highest BCUT2D eigenvalue weighted by molar-refractivity contribution is 6.31. The van der Waals surface area contributed by atoms with Crippen molar-refractivity contribution in [1.82, 2.24) is 9.97 Å². The number of aryl methyl sites for hydroxylation is 2. The van der Waals surface area contributed by atoms with Crippen LogP contribution < -0.4 is 10.6 Å². The monoisotopic (exact) mass is 384 g/mol. The smallest absolute Gasteiger partial charge is 0.274 e. The van der Waals surface area contributed by atoms with E-state index in [1.54, 1.807) is 37.3 Å². The van der Waals surface area contributed by atoms with Crippen LogP contribution in [0.3, 0.4) is 0 Å². The summed E-state index contributed by atoms with van der Waals surface area (Å²) in [5, 5.41) is 6.48. The van der Waals surface area contributed by atoms with Crippen molar-refractivity contribution < 1.29 is 9.18 Å². The number of hydrogen-bond acceptors (Lipinski definition) is 4. The lowest BCUT2D eigenvalue weighted by Crippen LogP contribution is -2.16. The van der Waals surface area contributed by atoms with E-state index in [-0.39, 0.29) is 17.4 Å². The van der Waals surface area contributed by atoms with Gasteiger partial charge >= 0.3 is 0 Å². The molecule has 0 atom stereocenters. The number of hydrogen-bond donors (Lipinski definition) is 2. The molecule has 0 spiro atoms. The van der Waals surface area contributed by atoms with E-state index in [1.807, 2.05) is 13.0 Å². The summed E-state index contributed by atoms with van der Waals surface area (Å²) in [5.74, 6) is 0.342. The van der Waals surface area contributed by atoms with E-state index in [4.69, 9.17) is 11.6 Å². The second kappa shape index (κ2) is 8.14. The summed E-state index contributed by atoms with van der Waals surface area (Å²) < 4.78 is 13.0. The number of nitrogens with one attached hydrogen (secondary N) is 2. The van der Waals surface area contributed by atoms with Gasteiger partial charge in [-0.1, -0.05) is 29.8 Å². The first kappa shape index (κ1) is 18.8. The fraction of sp³-hybridized carbons (Fsp3) is 0.150. The maximum absolute atomic E-state index is 13.0. The minimum atomic E-state index is -0.351. The zero-order valence-electron chi connectivity index (χ0n) is 14.9. The Hall–Kier alpha value is -2.99. The molecule has 5 nitrogen and oxygen atoms in total. The molecule has 0 aliphatic rings. The second-order valence-corrected chi connectivity index (χ2v) is 6.52. The number of carbonyl (C=O) groups excluding carboxylic acids is 1. The molecule has 3 aromatic rings. The lowest BCUT2D eigenvalue weighted by atomic mass is 10.2. The van der Waals surface area contributed by atoms with Crippen LogP contribution in [0.4, 0.5) is 15.9 Å². The summed E-state index contributed by atoms with van der Waals surface area (Å²) >= 11 is 6.00. The lowest BCUT2D eigenvalue weighted by molar-refractivity contribution is 0.102. The van der Waals surface area contributed by atoms with Gasteiger partial charge in [0.15, 0.2) is 0 Å². The predicted molar refractivity (Wildman–Crippen MR) is 105 cm³/mol. The van der Waals surface area contributed by atoms with E-state index < -0.39 is 0 Å². The van der Waals surface area contributed by atoms with Crippen LogP contribution in [0.2, 0.25) is 5.02 Å². The third-order valence-electron chi connectivity index (χ3n) is 3.91. The van der Waals surface area contributed by atoms with E-state index in [0.717, 1.165) is 11.1 Å². The third kappa shape index (κ3) is 5.01. The zero-order valence-corrected chi connectivity index (χ0v) is 15.6. The standard InChI is InChI=1S/C20H18ClFN4O/c1-12-3-6-15(21)9-17(12)26-20(27)18-10-19(25-13(2)24-18)23-11-14-4-7-16(22)8-5-14/h3-10H,11H2,1-2H3,(H,26,27)(H,23,24,25). The lowest BCUT2D eigenvalue weighted by Gasteiger charge is -2.11. The molecule has 2 aromatic carbocycles. The molecule has 0 saturated heterocycles. The average Bonchev–Trinajstić information content (AvgIpc) is 2.64. The molecule has 0 radical (unpaired) electrons. The Bertz CT molecular complexity index is 976. The Balaban J connectivity index is 1.74. The number of anilines is 2. The number of halogens is 2. The topological polar surface area (TPSA) is 66.9 Å². The molecule has 27 heavy (non-hydrogen) atoms. The summed E-state index contributed by atoms with van der Waals surface area (Å²) in [4.78, 5) is 21.1. The fourth-order valence-electron chi connectivity index (χ4n) is 2.48. The average molecular weight is 385 g/mol. The number of carbonyl (C=O) groups is 1. The normalized spacial score (nSPS) is 10.5. The van der Waals surface area contributed by atoms with Gasteiger partial charge in [-0.15, -0.1) is 0 Å². The van der Waals surface area contributed by atoms with Gasteiger partial charge in [-0.25, -0.2) is 14.4 Å². The molecule has 0 bridgehead atoms.